The van der Waals surface area contributed by atoms with Crippen molar-refractivity contribution in [2.45, 2.75) is 4.90 Å². The van der Waals surface area contributed by atoms with Crippen LogP contribution in [0.3, 0.4) is 0 Å². The van der Waals surface area contributed by atoms with Crippen LogP contribution in [0.2, 0.25) is 0 Å². The van der Waals surface area contributed by atoms with Gasteiger partial charge in [0.15, 0.2) is 9.84 Å². The Hall–Kier alpha value is -2.80. The second-order valence-electron chi connectivity index (χ2n) is 5.44. The van der Waals surface area contributed by atoms with Gasteiger partial charge in [0.2, 0.25) is 5.91 Å². The first-order valence-electron chi connectivity index (χ1n) is 7.32. The van der Waals surface area contributed by atoms with Crippen LogP contribution < -0.4 is 5.32 Å². The summed E-state index contributed by atoms with van der Waals surface area (Å²) < 4.78 is 51.4. The SMILES string of the molecule is O=C(CS(=O)(=O)c1ccc2ccccc2c1)Nc1cc(F)ccc1F. The van der Waals surface area contributed by atoms with Crippen molar-refractivity contribution in [3.63, 3.8) is 0 Å². The smallest absolute Gasteiger partial charge is 0.240 e. The van der Waals surface area contributed by atoms with Gasteiger partial charge in [0, 0.05) is 6.07 Å². The average Bonchev–Trinajstić information content (AvgIpc) is 2.57. The predicted molar refractivity (Wildman–Crippen MR) is 91.0 cm³/mol. The lowest BCUT2D eigenvalue weighted by Gasteiger charge is -2.08. The van der Waals surface area contributed by atoms with E-state index in [0.717, 1.165) is 29.0 Å². The fraction of sp³-hybridized carbons (Fsp3) is 0.0556. The minimum Gasteiger partial charge on any atom is -0.323 e. The zero-order valence-electron chi connectivity index (χ0n) is 12.9. The fourth-order valence-electron chi connectivity index (χ4n) is 2.40. The second kappa shape index (κ2) is 6.60. The van der Waals surface area contributed by atoms with Crippen LogP contribution in [0.5, 0.6) is 0 Å². The number of sulfone groups is 1. The molecule has 0 spiro atoms. The van der Waals surface area contributed by atoms with E-state index in [-0.39, 0.29) is 4.90 Å². The minimum atomic E-state index is -3.92. The lowest BCUT2D eigenvalue weighted by Crippen LogP contribution is -2.23. The molecule has 128 valence electrons. The molecule has 1 N–H and O–H groups in total. The highest BCUT2D eigenvalue weighted by molar-refractivity contribution is 7.92. The van der Waals surface area contributed by atoms with Crippen LogP contribution in [0.25, 0.3) is 10.8 Å². The van der Waals surface area contributed by atoms with Gasteiger partial charge >= 0.3 is 0 Å². The van der Waals surface area contributed by atoms with E-state index in [4.69, 9.17) is 0 Å². The molecule has 3 aromatic carbocycles. The number of rotatable bonds is 4. The molecule has 0 aromatic heterocycles. The molecule has 25 heavy (non-hydrogen) atoms. The third-order valence-electron chi connectivity index (χ3n) is 3.60. The molecule has 3 rings (SSSR count). The molecule has 3 aromatic rings. The van der Waals surface area contributed by atoms with Gasteiger partial charge in [-0.1, -0.05) is 30.3 Å². The van der Waals surface area contributed by atoms with Crippen molar-refractivity contribution in [2.24, 2.45) is 0 Å². The third kappa shape index (κ3) is 3.83. The molecule has 0 radical (unpaired) electrons. The Morgan fingerprint density at radius 3 is 2.40 bits per heavy atom. The number of anilines is 1. The first-order valence-corrected chi connectivity index (χ1v) is 8.97. The van der Waals surface area contributed by atoms with Crippen molar-refractivity contribution in [3.05, 3.63) is 72.3 Å². The van der Waals surface area contributed by atoms with E-state index in [1.165, 1.54) is 12.1 Å². The molecule has 0 unspecified atom stereocenters. The van der Waals surface area contributed by atoms with Crippen LogP contribution in [0, 0.1) is 11.6 Å². The molecule has 0 aliphatic heterocycles. The van der Waals surface area contributed by atoms with E-state index in [1.54, 1.807) is 18.2 Å². The molecular formula is C18H13F2NO3S. The van der Waals surface area contributed by atoms with Crippen molar-refractivity contribution in [1.82, 2.24) is 0 Å². The van der Waals surface area contributed by atoms with Crippen LogP contribution in [-0.4, -0.2) is 20.1 Å². The highest BCUT2D eigenvalue weighted by atomic mass is 32.2. The number of hydrogen-bond acceptors (Lipinski definition) is 3. The lowest BCUT2D eigenvalue weighted by atomic mass is 10.1. The third-order valence-corrected chi connectivity index (χ3v) is 5.22. The Balaban J connectivity index is 1.82. The number of carbonyl (C=O) groups is 1. The quantitative estimate of drug-likeness (QED) is 0.773. The molecule has 0 bridgehead atoms. The molecule has 0 heterocycles. The number of carbonyl (C=O) groups excluding carboxylic acids is 1. The molecule has 0 fully saturated rings. The summed E-state index contributed by atoms with van der Waals surface area (Å²) in [6.45, 7) is 0. The highest BCUT2D eigenvalue weighted by Gasteiger charge is 2.20. The Labute approximate surface area is 143 Å². The predicted octanol–water partition coefficient (Wildman–Crippen LogP) is 3.53. The van der Waals surface area contributed by atoms with Crippen LogP contribution in [0.4, 0.5) is 14.5 Å². The van der Waals surface area contributed by atoms with Crippen LogP contribution in [0.15, 0.2) is 65.6 Å². The average molecular weight is 361 g/mol. The summed E-state index contributed by atoms with van der Waals surface area (Å²) in [5, 5.41) is 3.67. The van der Waals surface area contributed by atoms with Gasteiger partial charge in [0.05, 0.1) is 10.6 Å². The summed E-state index contributed by atoms with van der Waals surface area (Å²) in [5.74, 6) is -3.41. The maximum atomic E-state index is 13.5. The van der Waals surface area contributed by atoms with E-state index in [0.29, 0.717) is 0 Å². The van der Waals surface area contributed by atoms with E-state index < -0.39 is 38.8 Å². The molecule has 7 heteroatoms. The Morgan fingerprint density at radius 2 is 1.64 bits per heavy atom. The molecule has 4 nitrogen and oxygen atoms in total. The van der Waals surface area contributed by atoms with Gasteiger partial charge in [-0.25, -0.2) is 17.2 Å². The zero-order valence-corrected chi connectivity index (χ0v) is 13.7. The molecule has 0 saturated heterocycles. The van der Waals surface area contributed by atoms with Gasteiger partial charge in [-0.2, -0.15) is 0 Å². The van der Waals surface area contributed by atoms with E-state index >= 15 is 0 Å². The Kier molecular flexibility index (Phi) is 4.50. The van der Waals surface area contributed by atoms with Gasteiger partial charge in [0.25, 0.3) is 0 Å². The Bertz CT molecular complexity index is 1060. The largest absolute Gasteiger partial charge is 0.323 e. The minimum absolute atomic E-state index is 0.0129. The van der Waals surface area contributed by atoms with Crippen molar-refractivity contribution >= 4 is 32.2 Å². The summed E-state index contributed by atoms with van der Waals surface area (Å²) >= 11 is 0. The number of fused-ring (bicyclic) bond motifs is 1. The Morgan fingerprint density at radius 1 is 0.920 bits per heavy atom. The maximum Gasteiger partial charge on any atom is 0.240 e. The standard InChI is InChI=1S/C18H13F2NO3S/c19-14-6-8-16(20)17(10-14)21-18(22)11-25(23,24)15-7-5-12-3-1-2-4-13(12)9-15/h1-10H,11H2,(H,21,22). The number of amides is 1. The molecule has 0 saturated carbocycles. The summed E-state index contributed by atoms with van der Waals surface area (Å²) in [7, 11) is -3.92. The van der Waals surface area contributed by atoms with Crippen LogP contribution in [0.1, 0.15) is 0 Å². The molecule has 1 amide bonds. The van der Waals surface area contributed by atoms with Gasteiger partial charge in [-0.15, -0.1) is 0 Å². The van der Waals surface area contributed by atoms with Gasteiger partial charge in [-0.05, 0) is 35.0 Å². The topological polar surface area (TPSA) is 63.2 Å². The lowest BCUT2D eigenvalue weighted by molar-refractivity contribution is -0.113. The van der Waals surface area contributed by atoms with Crippen molar-refractivity contribution in [2.75, 3.05) is 11.1 Å². The summed E-state index contributed by atoms with van der Waals surface area (Å²) in [5.41, 5.74) is -0.404. The highest BCUT2D eigenvalue weighted by Crippen LogP contribution is 2.20. The van der Waals surface area contributed by atoms with Gasteiger partial charge in [-0.3, -0.25) is 4.79 Å². The summed E-state index contributed by atoms with van der Waals surface area (Å²) in [6, 6.07) is 14.3. The first kappa shape index (κ1) is 17.0. The van der Waals surface area contributed by atoms with Crippen molar-refractivity contribution in [1.29, 1.82) is 0 Å². The molecular weight excluding hydrogens is 348 g/mol. The molecule has 0 aliphatic rings. The van der Waals surface area contributed by atoms with Crippen molar-refractivity contribution < 1.29 is 22.0 Å². The molecule has 0 atom stereocenters. The number of hydrogen-bond donors (Lipinski definition) is 1. The second-order valence-corrected chi connectivity index (χ2v) is 7.43. The van der Waals surface area contributed by atoms with Crippen LogP contribution >= 0.6 is 0 Å². The molecule has 0 aliphatic carbocycles. The van der Waals surface area contributed by atoms with Crippen LogP contribution in [-0.2, 0) is 14.6 Å². The fourth-order valence-corrected chi connectivity index (χ4v) is 3.56. The number of benzene rings is 3. The maximum absolute atomic E-state index is 13.5. The summed E-state index contributed by atoms with van der Waals surface area (Å²) in [4.78, 5) is 11.9. The number of halogens is 2. The normalized spacial score (nSPS) is 11.4. The zero-order chi connectivity index (χ0) is 18.0. The van der Waals surface area contributed by atoms with E-state index in [2.05, 4.69) is 5.32 Å². The number of nitrogens with one attached hydrogen (secondary N) is 1. The van der Waals surface area contributed by atoms with E-state index in [9.17, 15) is 22.0 Å². The summed E-state index contributed by atoms with van der Waals surface area (Å²) in [6.07, 6.45) is 0. The van der Waals surface area contributed by atoms with Crippen molar-refractivity contribution in [3.8, 4) is 0 Å². The first-order chi connectivity index (χ1) is 11.8. The monoisotopic (exact) mass is 361 g/mol. The van der Waals surface area contributed by atoms with Gasteiger partial charge in [0.1, 0.15) is 17.4 Å². The van der Waals surface area contributed by atoms with Gasteiger partial charge < -0.3 is 5.32 Å². The van der Waals surface area contributed by atoms with E-state index in [1.807, 2.05) is 12.1 Å².